The van der Waals surface area contributed by atoms with Gasteiger partial charge in [-0.25, -0.2) is 9.78 Å². The highest BCUT2D eigenvalue weighted by Crippen LogP contribution is 2.19. The molecule has 3 aromatic rings. The molecule has 0 aliphatic carbocycles. The first-order valence-electron chi connectivity index (χ1n) is 5.85. The van der Waals surface area contributed by atoms with Gasteiger partial charge < -0.3 is 0 Å². The van der Waals surface area contributed by atoms with Crippen molar-refractivity contribution < 1.29 is 4.52 Å². The van der Waals surface area contributed by atoms with Gasteiger partial charge in [0.1, 0.15) is 5.69 Å². The van der Waals surface area contributed by atoms with Gasteiger partial charge >= 0.3 is 11.3 Å². The number of H-pyrrole nitrogens is 1. The number of pyridine rings is 1. The Hall–Kier alpha value is -2.10. The maximum Gasteiger partial charge on any atom is 0.445 e. The lowest BCUT2D eigenvalue weighted by Crippen LogP contribution is -2.31. The van der Waals surface area contributed by atoms with E-state index < -0.39 is 0 Å². The minimum Gasteiger partial charge on any atom is -0.233 e. The van der Waals surface area contributed by atoms with Crippen molar-refractivity contribution >= 4 is 28.6 Å². The summed E-state index contributed by atoms with van der Waals surface area (Å²) in [5.74, 6) is 2.48. The van der Waals surface area contributed by atoms with Gasteiger partial charge in [0.2, 0.25) is 0 Å². The summed E-state index contributed by atoms with van der Waals surface area (Å²) < 4.78 is 3.77. The van der Waals surface area contributed by atoms with E-state index >= 15 is 0 Å². The fraction of sp³-hybridized carbons (Fsp3) is 0.154. The number of nitrogens with zero attached hydrogens (tertiary/aromatic N) is 3. The van der Waals surface area contributed by atoms with Gasteiger partial charge in [-0.05, 0) is 6.07 Å². The molecule has 0 amide bonds. The van der Waals surface area contributed by atoms with Crippen LogP contribution in [-0.4, -0.2) is 14.6 Å². The molecule has 0 radical (unpaired) electrons. The van der Waals surface area contributed by atoms with Gasteiger partial charge in [0.15, 0.2) is 11.0 Å². The summed E-state index contributed by atoms with van der Waals surface area (Å²) in [6.07, 6.45) is 7.67. The molecule has 3 heterocycles. The summed E-state index contributed by atoms with van der Waals surface area (Å²) in [5, 5.41) is 2.79. The molecule has 0 saturated heterocycles. The molecule has 0 bridgehead atoms. The molecule has 20 heavy (non-hydrogen) atoms. The standard InChI is InChI=1S/C13H9ClN4OS/c1-2-6-17-11-5-3-4-9(18(11)16-13(17)19)7-10-8-15-12(14)20-10/h1,3-5,8H,6-7H2/p+1. The number of aromatic amines is 1. The van der Waals surface area contributed by atoms with Crippen molar-refractivity contribution in [3.63, 3.8) is 0 Å². The van der Waals surface area contributed by atoms with E-state index in [2.05, 4.69) is 16.0 Å². The number of thiazole rings is 1. The molecule has 5 nitrogen and oxygen atoms in total. The number of rotatable bonds is 3. The Balaban J connectivity index is 2.10. The maximum absolute atomic E-state index is 11.9. The number of terminal acetylenes is 1. The highest BCUT2D eigenvalue weighted by molar-refractivity contribution is 7.15. The van der Waals surface area contributed by atoms with E-state index in [1.165, 1.54) is 15.9 Å². The highest BCUT2D eigenvalue weighted by Gasteiger charge is 2.17. The molecule has 0 aliphatic heterocycles. The second-order valence-electron chi connectivity index (χ2n) is 4.17. The van der Waals surface area contributed by atoms with E-state index in [1.807, 2.05) is 18.2 Å². The third kappa shape index (κ3) is 2.22. The number of halogens is 1. The van der Waals surface area contributed by atoms with Crippen molar-refractivity contribution in [2.75, 3.05) is 0 Å². The molecule has 100 valence electrons. The second-order valence-corrected chi connectivity index (χ2v) is 5.87. The third-order valence-electron chi connectivity index (χ3n) is 2.91. The minimum atomic E-state index is -0.224. The zero-order chi connectivity index (χ0) is 14.1. The zero-order valence-corrected chi connectivity index (χ0v) is 11.9. The molecule has 3 aromatic heterocycles. The van der Waals surface area contributed by atoms with E-state index in [1.54, 1.807) is 10.7 Å². The smallest absolute Gasteiger partial charge is 0.233 e. The van der Waals surface area contributed by atoms with Crippen LogP contribution in [0, 0.1) is 12.3 Å². The quantitative estimate of drug-likeness (QED) is 0.585. The lowest BCUT2D eigenvalue weighted by Gasteiger charge is -1.96. The lowest BCUT2D eigenvalue weighted by molar-refractivity contribution is -0.587. The second kappa shape index (κ2) is 5.12. The predicted molar refractivity (Wildman–Crippen MR) is 77.0 cm³/mol. The molecule has 0 fully saturated rings. The molecule has 7 heteroatoms. The van der Waals surface area contributed by atoms with Gasteiger partial charge in [-0.3, -0.25) is 0 Å². The summed E-state index contributed by atoms with van der Waals surface area (Å²) in [4.78, 5) is 16.9. The van der Waals surface area contributed by atoms with Gasteiger partial charge in [0.05, 0.1) is 0 Å². The van der Waals surface area contributed by atoms with Crippen LogP contribution in [0.25, 0.3) is 5.65 Å². The van der Waals surface area contributed by atoms with Gasteiger partial charge in [-0.15, -0.1) is 22.3 Å². The SMILES string of the molecule is C#CCn1c(=O)[nH][n+]2c(Cc3cnc(Cl)s3)cccc12. The summed E-state index contributed by atoms with van der Waals surface area (Å²) in [6.45, 7) is 0.238. The average molecular weight is 306 g/mol. The number of fused-ring (bicyclic) bond motifs is 1. The van der Waals surface area contributed by atoms with Crippen LogP contribution in [-0.2, 0) is 13.0 Å². The van der Waals surface area contributed by atoms with Gasteiger partial charge in [0.25, 0.3) is 0 Å². The molecule has 0 unspecified atom stereocenters. The normalized spacial score (nSPS) is 10.8. The first-order chi connectivity index (χ1) is 9.69. The van der Waals surface area contributed by atoms with Crippen molar-refractivity contribution in [1.82, 2.24) is 14.6 Å². The molecule has 3 rings (SSSR count). The molecule has 0 atom stereocenters. The van der Waals surface area contributed by atoms with E-state index in [0.29, 0.717) is 10.9 Å². The van der Waals surface area contributed by atoms with Crippen LogP contribution in [0.3, 0.4) is 0 Å². The summed E-state index contributed by atoms with van der Waals surface area (Å²) >= 11 is 7.25. The van der Waals surface area contributed by atoms with Gasteiger partial charge in [-0.2, -0.15) is 9.67 Å². The van der Waals surface area contributed by atoms with Crippen LogP contribution in [0.2, 0.25) is 4.47 Å². The number of aromatic nitrogens is 4. The van der Waals surface area contributed by atoms with Crippen LogP contribution in [0.1, 0.15) is 10.6 Å². The maximum atomic E-state index is 11.9. The molecule has 1 N–H and O–H groups in total. The summed E-state index contributed by atoms with van der Waals surface area (Å²) in [5.41, 5.74) is 1.45. The Morgan fingerprint density at radius 3 is 3.10 bits per heavy atom. The van der Waals surface area contributed by atoms with E-state index in [0.717, 1.165) is 16.2 Å². The topological polar surface area (TPSA) is 54.8 Å². The number of nitrogens with one attached hydrogen (secondary N) is 1. The Kier molecular flexibility index (Phi) is 3.30. The zero-order valence-electron chi connectivity index (χ0n) is 10.3. The first kappa shape index (κ1) is 12.9. The number of hydrogen-bond donors (Lipinski definition) is 1. The van der Waals surface area contributed by atoms with Crippen molar-refractivity contribution in [3.05, 3.63) is 49.9 Å². The van der Waals surface area contributed by atoms with Crippen molar-refractivity contribution in [2.45, 2.75) is 13.0 Å². The predicted octanol–water partition coefficient (Wildman–Crippen LogP) is 1.25. The molecule has 0 saturated carbocycles. The fourth-order valence-electron chi connectivity index (χ4n) is 2.07. The van der Waals surface area contributed by atoms with E-state index in [-0.39, 0.29) is 12.2 Å². The minimum absolute atomic E-state index is 0.224. The van der Waals surface area contributed by atoms with Crippen molar-refractivity contribution in [2.24, 2.45) is 0 Å². The largest absolute Gasteiger partial charge is 0.445 e. The Labute approximate surface area is 123 Å². The molecular formula is C13H10ClN4OS+. The van der Waals surface area contributed by atoms with Crippen molar-refractivity contribution in [3.8, 4) is 12.3 Å². The number of hydrogen-bond acceptors (Lipinski definition) is 3. The Morgan fingerprint density at radius 1 is 1.55 bits per heavy atom. The van der Waals surface area contributed by atoms with E-state index in [4.69, 9.17) is 18.0 Å². The first-order valence-corrected chi connectivity index (χ1v) is 7.04. The van der Waals surface area contributed by atoms with Crippen LogP contribution in [0.5, 0.6) is 0 Å². The monoisotopic (exact) mass is 305 g/mol. The van der Waals surface area contributed by atoms with Gasteiger partial charge in [-0.1, -0.05) is 23.6 Å². The molecule has 0 aliphatic rings. The Morgan fingerprint density at radius 2 is 2.40 bits per heavy atom. The van der Waals surface area contributed by atoms with Gasteiger partial charge in [0, 0.05) is 23.6 Å². The Bertz CT molecular complexity index is 870. The summed E-state index contributed by atoms with van der Waals surface area (Å²) in [7, 11) is 0. The third-order valence-corrected chi connectivity index (χ3v) is 4.02. The lowest BCUT2D eigenvalue weighted by atomic mass is 10.2. The highest BCUT2D eigenvalue weighted by atomic mass is 35.5. The van der Waals surface area contributed by atoms with Crippen molar-refractivity contribution in [1.29, 1.82) is 0 Å². The summed E-state index contributed by atoms with van der Waals surface area (Å²) in [6, 6.07) is 5.68. The average Bonchev–Trinajstić information content (AvgIpc) is 2.96. The molecular weight excluding hydrogens is 296 g/mol. The molecule has 0 aromatic carbocycles. The van der Waals surface area contributed by atoms with Crippen LogP contribution < -0.4 is 10.2 Å². The van der Waals surface area contributed by atoms with Crippen LogP contribution in [0.4, 0.5) is 0 Å². The fourth-order valence-corrected chi connectivity index (χ4v) is 3.06. The molecule has 0 spiro atoms. The van der Waals surface area contributed by atoms with Crippen LogP contribution in [0.15, 0.2) is 29.2 Å². The van der Waals surface area contributed by atoms with E-state index in [9.17, 15) is 4.79 Å². The van der Waals surface area contributed by atoms with Crippen LogP contribution >= 0.6 is 22.9 Å².